The van der Waals surface area contributed by atoms with Gasteiger partial charge in [-0.05, 0) is 31.2 Å². The van der Waals surface area contributed by atoms with Crippen LogP contribution in [0, 0.1) is 0 Å². The molecular weight excluding hydrogens is 262 g/mol. The molecule has 1 rings (SSSR count). The van der Waals surface area contributed by atoms with Crippen molar-refractivity contribution in [3.05, 3.63) is 24.3 Å². The van der Waals surface area contributed by atoms with Gasteiger partial charge >= 0.3 is 5.97 Å². The minimum Gasteiger partial charge on any atom is -0.464 e. The Morgan fingerprint density at radius 1 is 1.15 bits per heavy atom. The summed E-state index contributed by atoms with van der Waals surface area (Å²) in [5.74, 6) is -1.62. The summed E-state index contributed by atoms with van der Waals surface area (Å²) in [5.41, 5.74) is 6.51. The van der Waals surface area contributed by atoms with Crippen LogP contribution < -0.4 is 16.4 Å². The smallest absolute Gasteiger partial charge is 0.332 e. The number of hydrogen-bond donors (Lipinski definition) is 3. The van der Waals surface area contributed by atoms with Crippen LogP contribution in [0.2, 0.25) is 0 Å². The first kappa shape index (κ1) is 15.6. The van der Waals surface area contributed by atoms with E-state index >= 15 is 0 Å². The lowest BCUT2D eigenvalue weighted by Gasteiger charge is -2.11. The number of carbonyl (C=O) groups excluding carboxylic acids is 3. The molecule has 0 aliphatic rings. The predicted octanol–water partition coefficient (Wildman–Crippen LogP) is 0.474. The van der Waals surface area contributed by atoms with Crippen molar-refractivity contribution in [2.45, 2.75) is 19.9 Å². The molecule has 1 aromatic rings. The van der Waals surface area contributed by atoms with Crippen LogP contribution in [0.25, 0.3) is 0 Å². The molecule has 0 aromatic heterocycles. The van der Waals surface area contributed by atoms with Gasteiger partial charge in [0.25, 0.3) is 5.91 Å². The number of amides is 2. The summed E-state index contributed by atoms with van der Waals surface area (Å²) in [7, 11) is 0. The topological polar surface area (TPSA) is 111 Å². The SMILES string of the molecule is CCOC(=O)C(N)C(=O)Nc1ccc(NC(C)=O)cc1. The third-order valence-electron chi connectivity index (χ3n) is 2.30. The van der Waals surface area contributed by atoms with E-state index in [1.165, 1.54) is 6.92 Å². The number of hydrogen-bond acceptors (Lipinski definition) is 5. The predicted molar refractivity (Wildman–Crippen MR) is 74.0 cm³/mol. The zero-order chi connectivity index (χ0) is 15.1. The van der Waals surface area contributed by atoms with Crippen molar-refractivity contribution in [1.29, 1.82) is 0 Å². The van der Waals surface area contributed by atoms with Crippen molar-refractivity contribution in [3.8, 4) is 0 Å². The average Bonchev–Trinajstić information content (AvgIpc) is 2.39. The summed E-state index contributed by atoms with van der Waals surface area (Å²) in [4.78, 5) is 33.8. The summed E-state index contributed by atoms with van der Waals surface area (Å²) in [6, 6.07) is 5.03. The molecule has 0 spiro atoms. The van der Waals surface area contributed by atoms with Crippen LogP contribution in [-0.4, -0.2) is 30.4 Å². The molecule has 1 unspecified atom stereocenters. The molecule has 0 aliphatic heterocycles. The van der Waals surface area contributed by atoms with E-state index in [2.05, 4.69) is 15.4 Å². The molecule has 0 heterocycles. The molecule has 0 radical (unpaired) electrons. The van der Waals surface area contributed by atoms with E-state index in [0.717, 1.165) is 0 Å². The summed E-state index contributed by atoms with van der Waals surface area (Å²) in [6.07, 6.45) is 0. The molecule has 0 aliphatic carbocycles. The molecule has 1 atom stereocenters. The maximum atomic E-state index is 11.7. The zero-order valence-corrected chi connectivity index (χ0v) is 11.3. The largest absolute Gasteiger partial charge is 0.464 e. The minimum absolute atomic E-state index is 0.158. The number of nitrogens with one attached hydrogen (secondary N) is 2. The fourth-order valence-corrected chi connectivity index (χ4v) is 1.40. The van der Waals surface area contributed by atoms with Crippen molar-refractivity contribution in [2.24, 2.45) is 5.73 Å². The zero-order valence-electron chi connectivity index (χ0n) is 11.3. The highest BCUT2D eigenvalue weighted by atomic mass is 16.5. The first-order chi connectivity index (χ1) is 9.43. The van der Waals surface area contributed by atoms with Crippen molar-refractivity contribution in [3.63, 3.8) is 0 Å². The number of benzene rings is 1. The minimum atomic E-state index is -1.37. The Kier molecular flexibility index (Phi) is 5.67. The van der Waals surface area contributed by atoms with Crippen LogP contribution in [0.15, 0.2) is 24.3 Å². The molecule has 0 saturated carbocycles. The fourth-order valence-electron chi connectivity index (χ4n) is 1.40. The van der Waals surface area contributed by atoms with Gasteiger partial charge in [0.15, 0.2) is 6.04 Å². The van der Waals surface area contributed by atoms with E-state index in [1.807, 2.05) is 0 Å². The fraction of sp³-hybridized carbons (Fsp3) is 0.308. The van der Waals surface area contributed by atoms with Gasteiger partial charge in [-0.15, -0.1) is 0 Å². The molecule has 7 nitrogen and oxygen atoms in total. The summed E-state index contributed by atoms with van der Waals surface area (Å²) in [5, 5.41) is 5.08. The van der Waals surface area contributed by atoms with Crippen molar-refractivity contribution in [1.82, 2.24) is 0 Å². The Balaban J connectivity index is 2.62. The van der Waals surface area contributed by atoms with Gasteiger partial charge in [0.2, 0.25) is 5.91 Å². The Morgan fingerprint density at radius 2 is 1.65 bits per heavy atom. The number of ether oxygens (including phenoxy) is 1. The van der Waals surface area contributed by atoms with E-state index in [9.17, 15) is 14.4 Å². The van der Waals surface area contributed by atoms with Crippen LogP contribution >= 0.6 is 0 Å². The van der Waals surface area contributed by atoms with Crippen LogP contribution in [0.1, 0.15) is 13.8 Å². The van der Waals surface area contributed by atoms with Crippen LogP contribution in [0.4, 0.5) is 11.4 Å². The molecular formula is C13H17N3O4. The quantitative estimate of drug-likeness (QED) is 0.536. The molecule has 2 amide bonds. The van der Waals surface area contributed by atoms with E-state index < -0.39 is 17.9 Å². The summed E-state index contributed by atoms with van der Waals surface area (Å²) in [6.45, 7) is 3.18. The van der Waals surface area contributed by atoms with Crippen LogP contribution in [0.3, 0.4) is 0 Å². The second kappa shape index (κ2) is 7.25. The van der Waals surface area contributed by atoms with Gasteiger partial charge in [-0.1, -0.05) is 0 Å². The molecule has 0 fully saturated rings. The first-order valence-electron chi connectivity index (χ1n) is 6.04. The molecule has 0 bridgehead atoms. The van der Waals surface area contributed by atoms with E-state index in [4.69, 9.17) is 5.73 Å². The molecule has 1 aromatic carbocycles. The summed E-state index contributed by atoms with van der Waals surface area (Å²) >= 11 is 0. The van der Waals surface area contributed by atoms with Gasteiger partial charge in [-0.2, -0.15) is 0 Å². The van der Waals surface area contributed by atoms with Gasteiger partial charge in [0.1, 0.15) is 0 Å². The van der Waals surface area contributed by atoms with E-state index in [0.29, 0.717) is 11.4 Å². The molecule has 0 saturated heterocycles. The molecule has 20 heavy (non-hydrogen) atoms. The number of anilines is 2. The first-order valence-corrected chi connectivity index (χ1v) is 6.04. The van der Waals surface area contributed by atoms with E-state index in [-0.39, 0.29) is 12.5 Å². The Bertz CT molecular complexity index is 499. The third-order valence-corrected chi connectivity index (χ3v) is 2.30. The van der Waals surface area contributed by atoms with Crippen molar-refractivity contribution >= 4 is 29.2 Å². The second-order valence-electron chi connectivity index (χ2n) is 3.98. The van der Waals surface area contributed by atoms with Gasteiger partial charge in [-0.25, -0.2) is 4.79 Å². The molecule has 108 valence electrons. The highest BCUT2D eigenvalue weighted by Gasteiger charge is 2.23. The maximum Gasteiger partial charge on any atom is 0.332 e. The van der Waals surface area contributed by atoms with Gasteiger partial charge < -0.3 is 21.1 Å². The Hall–Kier alpha value is -2.41. The van der Waals surface area contributed by atoms with Crippen molar-refractivity contribution in [2.75, 3.05) is 17.2 Å². The number of rotatable bonds is 5. The van der Waals surface area contributed by atoms with Gasteiger partial charge in [0, 0.05) is 18.3 Å². The number of carbonyl (C=O) groups is 3. The lowest BCUT2D eigenvalue weighted by atomic mass is 10.2. The molecule has 4 N–H and O–H groups in total. The van der Waals surface area contributed by atoms with Crippen molar-refractivity contribution < 1.29 is 19.1 Å². The molecule has 7 heteroatoms. The lowest BCUT2D eigenvalue weighted by Crippen LogP contribution is -2.43. The number of nitrogens with two attached hydrogens (primary N) is 1. The highest BCUT2D eigenvalue weighted by molar-refractivity contribution is 6.08. The number of esters is 1. The van der Waals surface area contributed by atoms with Crippen LogP contribution in [0.5, 0.6) is 0 Å². The monoisotopic (exact) mass is 279 g/mol. The lowest BCUT2D eigenvalue weighted by molar-refractivity contribution is -0.147. The van der Waals surface area contributed by atoms with Gasteiger partial charge in [0.05, 0.1) is 6.61 Å². The maximum absolute atomic E-state index is 11.7. The standard InChI is InChI=1S/C13H17N3O4/c1-3-20-13(19)11(14)12(18)16-10-6-4-9(5-7-10)15-8(2)17/h4-7,11H,3,14H2,1-2H3,(H,15,17)(H,16,18). The average molecular weight is 279 g/mol. The van der Waals surface area contributed by atoms with E-state index in [1.54, 1.807) is 31.2 Å². The third kappa shape index (κ3) is 4.69. The van der Waals surface area contributed by atoms with Gasteiger partial charge in [-0.3, -0.25) is 9.59 Å². The Morgan fingerprint density at radius 3 is 2.10 bits per heavy atom. The highest BCUT2D eigenvalue weighted by Crippen LogP contribution is 2.13. The second-order valence-corrected chi connectivity index (χ2v) is 3.98. The summed E-state index contributed by atoms with van der Waals surface area (Å²) < 4.78 is 4.65. The normalized spacial score (nSPS) is 11.3. The Labute approximate surface area is 116 Å². The van der Waals surface area contributed by atoms with Crippen LogP contribution in [-0.2, 0) is 19.1 Å².